The van der Waals surface area contributed by atoms with Crippen molar-refractivity contribution in [3.63, 3.8) is 0 Å². The summed E-state index contributed by atoms with van der Waals surface area (Å²) in [5, 5.41) is 9.83. The second-order valence-corrected chi connectivity index (χ2v) is 4.67. The van der Waals surface area contributed by atoms with Crippen LogP contribution in [0.15, 0.2) is 28.7 Å². The maximum atomic E-state index is 9.83. The van der Waals surface area contributed by atoms with Crippen LogP contribution in [-0.2, 0) is 0 Å². The molecule has 2 rings (SSSR count). The van der Waals surface area contributed by atoms with Crippen molar-refractivity contribution in [3.05, 3.63) is 34.3 Å². The lowest BCUT2D eigenvalue weighted by atomic mass is 10.0. The Morgan fingerprint density at radius 1 is 1.46 bits per heavy atom. The van der Waals surface area contributed by atoms with Gasteiger partial charge in [0.25, 0.3) is 0 Å². The lowest BCUT2D eigenvalue weighted by Gasteiger charge is -2.09. The first kappa shape index (κ1) is 9.22. The van der Waals surface area contributed by atoms with Gasteiger partial charge in [-0.25, -0.2) is 0 Å². The van der Waals surface area contributed by atoms with Crippen molar-refractivity contribution < 1.29 is 5.11 Å². The highest BCUT2D eigenvalue weighted by molar-refractivity contribution is 9.10. The van der Waals surface area contributed by atoms with Gasteiger partial charge in [-0.05, 0) is 30.0 Å². The predicted octanol–water partition coefficient (Wildman–Crippen LogP) is 3.28. The summed E-state index contributed by atoms with van der Waals surface area (Å²) in [4.78, 5) is 0. The Hall–Kier alpha value is -0.340. The molecule has 0 bridgehead atoms. The first-order chi connectivity index (χ1) is 6.25. The summed E-state index contributed by atoms with van der Waals surface area (Å²) in [5.74, 6) is 0.772. The third-order valence-corrected chi connectivity index (χ3v) is 2.98. The second kappa shape index (κ2) is 3.81. The standard InChI is InChI=1S/C11H13BrO/c12-10-3-1-2-9(7-10)11(13)6-8-4-5-8/h1-3,7-8,11,13H,4-6H2. The lowest BCUT2D eigenvalue weighted by molar-refractivity contribution is 0.160. The largest absolute Gasteiger partial charge is 0.388 e. The molecule has 1 nitrogen and oxygen atoms in total. The Bertz CT molecular complexity index is 294. The normalized spacial score (nSPS) is 18.6. The third kappa shape index (κ3) is 2.55. The number of rotatable bonds is 3. The molecule has 0 aliphatic heterocycles. The monoisotopic (exact) mass is 240 g/mol. The maximum absolute atomic E-state index is 9.83. The number of aliphatic hydroxyl groups excluding tert-OH is 1. The molecule has 0 heterocycles. The fourth-order valence-electron chi connectivity index (χ4n) is 1.52. The van der Waals surface area contributed by atoms with Gasteiger partial charge in [0.2, 0.25) is 0 Å². The summed E-state index contributed by atoms with van der Waals surface area (Å²) in [7, 11) is 0. The van der Waals surface area contributed by atoms with Gasteiger partial charge in [-0.15, -0.1) is 0 Å². The Kier molecular flexibility index (Phi) is 2.70. The van der Waals surface area contributed by atoms with Crippen LogP contribution in [-0.4, -0.2) is 5.11 Å². The fourth-order valence-corrected chi connectivity index (χ4v) is 1.94. The van der Waals surface area contributed by atoms with Crippen LogP contribution in [0.25, 0.3) is 0 Å². The van der Waals surface area contributed by atoms with Crippen molar-refractivity contribution in [2.24, 2.45) is 5.92 Å². The highest BCUT2D eigenvalue weighted by Crippen LogP contribution is 2.37. The Morgan fingerprint density at radius 2 is 2.23 bits per heavy atom. The van der Waals surface area contributed by atoms with E-state index in [-0.39, 0.29) is 6.10 Å². The molecule has 1 unspecified atom stereocenters. The molecule has 1 aliphatic rings. The zero-order valence-corrected chi connectivity index (χ0v) is 9.00. The van der Waals surface area contributed by atoms with E-state index in [0.717, 1.165) is 22.4 Å². The topological polar surface area (TPSA) is 20.2 Å². The van der Waals surface area contributed by atoms with Gasteiger partial charge in [0.05, 0.1) is 6.10 Å². The molecule has 2 heteroatoms. The van der Waals surface area contributed by atoms with Crippen LogP contribution in [0.3, 0.4) is 0 Å². The summed E-state index contributed by atoms with van der Waals surface area (Å²) in [6, 6.07) is 7.92. The molecule has 1 fully saturated rings. The van der Waals surface area contributed by atoms with Gasteiger partial charge < -0.3 is 5.11 Å². The molecule has 1 aromatic carbocycles. The second-order valence-electron chi connectivity index (χ2n) is 3.75. The SMILES string of the molecule is OC(CC1CC1)c1cccc(Br)c1. The predicted molar refractivity (Wildman–Crippen MR) is 56.4 cm³/mol. The molecular weight excluding hydrogens is 228 g/mol. The molecule has 1 aromatic rings. The van der Waals surface area contributed by atoms with E-state index < -0.39 is 0 Å². The molecule has 0 saturated heterocycles. The van der Waals surface area contributed by atoms with Crippen molar-refractivity contribution in [1.29, 1.82) is 0 Å². The molecule has 13 heavy (non-hydrogen) atoms. The van der Waals surface area contributed by atoms with Crippen molar-refractivity contribution in [2.75, 3.05) is 0 Å². The van der Waals surface area contributed by atoms with Gasteiger partial charge in [0.15, 0.2) is 0 Å². The van der Waals surface area contributed by atoms with Gasteiger partial charge in [0.1, 0.15) is 0 Å². The molecule has 1 saturated carbocycles. The number of hydrogen-bond donors (Lipinski definition) is 1. The van der Waals surface area contributed by atoms with E-state index in [0.29, 0.717) is 0 Å². The van der Waals surface area contributed by atoms with Crippen molar-refractivity contribution >= 4 is 15.9 Å². The van der Waals surface area contributed by atoms with Crippen LogP contribution in [0.4, 0.5) is 0 Å². The summed E-state index contributed by atoms with van der Waals surface area (Å²) in [6.45, 7) is 0. The van der Waals surface area contributed by atoms with E-state index in [2.05, 4.69) is 15.9 Å². The van der Waals surface area contributed by atoms with E-state index in [9.17, 15) is 5.11 Å². The van der Waals surface area contributed by atoms with E-state index >= 15 is 0 Å². The average Bonchev–Trinajstić information content (AvgIpc) is 2.88. The van der Waals surface area contributed by atoms with Crippen molar-refractivity contribution in [1.82, 2.24) is 0 Å². The van der Waals surface area contributed by atoms with E-state index in [1.165, 1.54) is 12.8 Å². The molecule has 1 aliphatic carbocycles. The highest BCUT2D eigenvalue weighted by Gasteiger charge is 2.25. The minimum atomic E-state index is -0.273. The van der Waals surface area contributed by atoms with Gasteiger partial charge in [0, 0.05) is 4.47 Å². The Morgan fingerprint density at radius 3 is 2.85 bits per heavy atom. The molecule has 1 N–H and O–H groups in total. The van der Waals surface area contributed by atoms with Gasteiger partial charge in [-0.3, -0.25) is 0 Å². The summed E-state index contributed by atoms with van der Waals surface area (Å²) in [5.41, 5.74) is 1.03. The smallest absolute Gasteiger partial charge is 0.0793 e. The molecule has 70 valence electrons. The molecule has 1 atom stereocenters. The lowest BCUT2D eigenvalue weighted by Crippen LogP contribution is -1.97. The van der Waals surface area contributed by atoms with Crippen molar-refractivity contribution in [2.45, 2.75) is 25.4 Å². The minimum absolute atomic E-state index is 0.273. The molecule has 0 radical (unpaired) electrons. The summed E-state index contributed by atoms with van der Waals surface area (Å²) < 4.78 is 1.04. The minimum Gasteiger partial charge on any atom is -0.388 e. The first-order valence-corrected chi connectivity index (χ1v) is 5.48. The van der Waals surface area contributed by atoms with Gasteiger partial charge in [-0.1, -0.05) is 40.9 Å². The van der Waals surface area contributed by atoms with Crippen LogP contribution >= 0.6 is 15.9 Å². The quantitative estimate of drug-likeness (QED) is 0.860. The zero-order chi connectivity index (χ0) is 9.26. The Labute approximate surface area is 86.9 Å². The first-order valence-electron chi connectivity index (χ1n) is 4.69. The zero-order valence-electron chi connectivity index (χ0n) is 7.41. The number of hydrogen-bond acceptors (Lipinski definition) is 1. The van der Waals surface area contributed by atoms with Crippen LogP contribution in [0.2, 0.25) is 0 Å². The molecule has 0 spiro atoms. The van der Waals surface area contributed by atoms with Gasteiger partial charge >= 0.3 is 0 Å². The molecule has 0 amide bonds. The number of aliphatic hydroxyl groups is 1. The van der Waals surface area contributed by atoms with Crippen LogP contribution in [0.1, 0.15) is 30.9 Å². The highest BCUT2D eigenvalue weighted by atomic mass is 79.9. The summed E-state index contributed by atoms with van der Waals surface area (Å²) >= 11 is 3.40. The Balaban J connectivity index is 2.04. The third-order valence-electron chi connectivity index (χ3n) is 2.49. The van der Waals surface area contributed by atoms with E-state index in [1.807, 2.05) is 24.3 Å². The van der Waals surface area contributed by atoms with Crippen molar-refractivity contribution in [3.8, 4) is 0 Å². The van der Waals surface area contributed by atoms with Crippen LogP contribution in [0.5, 0.6) is 0 Å². The van der Waals surface area contributed by atoms with E-state index in [4.69, 9.17) is 0 Å². The molecular formula is C11H13BrO. The maximum Gasteiger partial charge on any atom is 0.0793 e. The fraction of sp³-hybridized carbons (Fsp3) is 0.455. The molecule has 0 aromatic heterocycles. The van der Waals surface area contributed by atoms with Gasteiger partial charge in [-0.2, -0.15) is 0 Å². The summed E-state index contributed by atoms with van der Waals surface area (Å²) in [6.07, 6.45) is 3.25. The van der Waals surface area contributed by atoms with Crippen LogP contribution in [0, 0.1) is 5.92 Å². The van der Waals surface area contributed by atoms with E-state index in [1.54, 1.807) is 0 Å². The number of halogens is 1. The van der Waals surface area contributed by atoms with Crippen LogP contribution < -0.4 is 0 Å². The number of benzene rings is 1. The average molecular weight is 241 g/mol.